The molecule has 20 heavy (non-hydrogen) atoms. The lowest BCUT2D eigenvalue weighted by Gasteiger charge is -2.38. The minimum Gasteiger partial charge on any atom is -0.373 e. The first-order chi connectivity index (χ1) is 9.63. The van der Waals surface area contributed by atoms with Crippen molar-refractivity contribution in [3.05, 3.63) is 29.8 Å². The number of carbonyl (C=O) groups excluding carboxylic acids is 1. The van der Waals surface area contributed by atoms with Gasteiger partial charge in [-0.1, -0.05) is 18.2 Å². The molecule has 2 aliphatic heterocycles. The predicted molar refractivity (Wildman–Crippen MR) is 78.8 cm³/mol. The third-order valence-electron chi connectivity index (χ3n) is 4.08. The molecule has 1 unspecified atom stereocenters. The number of nitrogens with zero attached hydrogens (tertiary/aromatic N) is 1. The number of aryl methyl sites for hydroxylation is 1. The monoisotopic (exact) mass is 274 g/mol. The van der Waals surface area contributed by atoms with E-state index in [-0.39, 0.29) is 24.2 Å². The van der Waals surface area contributed by atoms with Gasteiger partial charge in [-0.05, 0) is 38.3 Å². The number of anilines is 1. The van der Waals surface area contributed by atoms with Crippen LogP contribution in [0.4, 0.5) is 5.69 Å². The van der Waals surface area contributed by atoms with E-state index in [1.165, 1.54) is 5.56 Å². The van der Waals surface area contributed by atoms with Crippen molar-refractivity contribution >= 4 is 11.6 Å². The molecule has 1 aromatic carbocycles. The Morgan fingerprint density at radius 1 is 1.25 bits per heavy atom. The Kier molecular flexibility index (Phi) is 3.66. The Hall–Kier alpha value is -1.55. The van der Waals surface area contributed by atoms with Crippen LogP contribution in [0, 0.1) is 0 Å². The van der Waals surface area contributed by atoms with E-state index in [0.29, 0.717) is 13.1 Å². The van der Waals surface area contributed by atoms with Gasteiger partial charge in [0.1, 0.15) is 6.04 Å². The number of fused-ring (bicyclic) bond motifs is 1. The maximum absolute atomic E-state index is 12.7. The maximum atomic E-state index is 12.7. The molecular formula is C16H22N2O2. The van der Waals surface area contributed by atoms with Gasteiger partial charge in [-0.3, -0.25) is 4.79 Å². The fraction of sp³-hybridized carbons (Fsp3) is 0.562. The zero-order valence-electron chi connectivity index (χ0n) is 12.1. The fourth-order valence-corrected chi connectivity index (χ4v) is 3.20. The average Bonchev–Trinajstić information content (AvgIpc) is 2.45. The van der Waals surface area contributed by atoms with Crippen LogP contribution in [0.3, 0.4) is 0 Å². The van der Waals surface area contributed by atoms with Gasteiger partial charge in [0.15, 0.2) is 0 Å². The summed E-state index contributed by atoms with van der Waals surface area (Å²) in [6.45, 7) is 5.45. The topological polar surface area (TPSA) is 41.6 Å². The fourth-order valence-electron chi connectivity index (χ4n) is 3.20. The number of benzene rings is 1. The van der Waals surface area contributed by atoms with Crippen LogP contribution in [-0.2, 0) is 16.0 Å². The van der Waals surface area contributed by atoms with Crippen molar-refractivity contribution in [2.75, 3.05) is 18.4 Å². The Labute approximate surface area is 120 Å². The highest BCUT2D eigenvalue weighted by atomic mass is 16.5. The van der Waals surface area contributed by atoms with Gasteiger partial charge in [-0.25, -0.2) is 0 Å². The lowest BCUT2D eigenvalue weighted by molar-refractivity contribution is -0.144. The molecule has 2 aliphatic rings. The van der Waals surface area contributed by atoms with Crippen LogP contribution in [0.2, 0.25) is 0 Å². The number of para-hydroxylation sites is 1. The summed E-state index contributed by atoms with van der Waals surface area (Å²) in [4.78, 5) is 14.6. The normalized spacial score (nSPS) is 29.5. The molecule has 1 N–H and O–H groups in total. The summed E-state index contributed by atoms with van der Waals surface area (Å²) in [7, 11) is 0. The number of rotatable bonds is 1. The van der Waals surface area contributed by atoms with E-state index in [2.05, 4.69) is 17.4 Å². The van der Waals surface area contributed by atoms with Crippen molar-refractivity contribution < 1.29 is 9.53 Å². The Morgan fingerprint density at radius 3 is 2.70 bits per heavy atom. The van der Waals surface area contributed by atoms with Crippen LogP contribution in [0.5, 0.6) is 0 Å². The number of ether oxygens (including phenoxy) is 1. The summed E-state index contributed by atoms with van der Waals surface area (Å²) < 4.78 is 5.70. The molecule has 0 spiro atoms. The standard InChI is InChI=1S/C16H22N2O2/c1-11-9-18(10-12(2)20-11)16(19)15-8-7-13-5-3-4-6-14(13)17-15/h3-6,11-12,15,17H,7-10H2,1-2H3/t11-,12+,15?. The third kappa shape index (κ3) is 2.66. The first kappa shape index (κ1) is 13.4. The first-order valence-corrected chi connectivity index (χ1v) is 7.42. The van der Waals surface area contributed by atoms with Crippen molar-refractivity contribution in [3.63, 3.8) is 0 Å². The lowest BCUT2D eigenvalue weighted by atomic mass is 9.97. The molecule has 2 heterocycles. The van der Waals surface area contributed by atoms with E-state index in [1.54, 1.807) is 0 Å². The highest BCUT2D eigenvalue weighted by molar-refractivity contribution is 5.85. The van der Waals surface area contributed by atoms with Crippen molar-refractivity contribution in [1.82, 2.24) is 4.90 Å². The molecular weight excluding hydrogens is 252 g/mol. The van der Waals surface area contributed by atoms with E-state index in [0.717, 1.165) is 18.5 Å². The van der Waals surface area contributed by atoms with Crippen LogP contribution < -0.4 is 5.32 Å². The number of hydrogen-bond acceptors (Lipinski definition) is 3. The highest BCUT2D eigenvalue weighted by Gasteiger charge is 2.32. The summed E-state index contributed by atoms with van der Waals surface area (Å²) in [6, 6.07) is 8.15. The Balaban J connectivity index is 1.69. The molecule has 0 aliphatic carbocycles. The van der Waals surface area contributed by atoms with Crippen molar-refractivity contribution in [2.24, 2.45) is 0 Å². The summed E-state index contributed by atoms with van der Waals surface area (Å²) in [5.41, 5.74) is 2.41. The molecule has 3 rings (SSSR count). The van der Waals surface area contributed by atoms with E-state index < -0.39 is 0 Å². The van der Waals surface area contributed by atoms with E-state index in [1.807, 2.05) is 30.9 Å². The average molecular weight is 274 g/mol. The smallest absolute Gasteiger partial charge is 0.245 e. The van der Waals surface area contributed by atoms with Crippen LogP contribution in [-0.4, -0.2) is 42.1 Å². The van der Waals surface area contributed by atoms with Gasteiger partial charge < -0.3 is 15.0 Å². The second kappa shape index (κ2) is 5.44. The summed E-state index contributed by atoms with van der Waals surface area (Å²) in [5.74, 6) is 0.210. The first-order valence-electron chi connectivity index (χ1n) is 7.42. The van der Waals surface area contributed by atoms with Crippen molar-refractivity contribution in [1.29, 1.82) is 0 Å². The van der Waals surface area contributed by atoms with Gasteiger partial charge in [-0.2, -0.15) is 0 Å². The van der Waals surface area contributed by atoms with Crippen molar-refractivity contribution in [3.8, 4) is 0 Å². The molecule has 1 fully saturated rings. The SMILES string of the molecule is C[C@@H]1CN(C(=O)C2CCc3ccccc3N2)C[C@H](C)O1. The van der Waals surface area contributed by atoms with Gasteiger partial charge in [0.2, 0.25) is 5.91 Å². The second-order valence-electron chi connectivity index (χ2n) is 5.89. The Morgan fingerprint density at radius 2 is 1.95 bits per heavy atom. The largest absolute Gasteiger partial charge is 0.373 e. The number of morpholine rings is 1. The van der Waals surface area contributed by atoms with Gasteiger partial charge in [-0.15, -0.1) is 0 Å². The highest BCUT2D eigenvalue weighted by Crippen LogP contribution is 2.25. The quantitative estimate of drug-likeness (QED) is 0.852. The predicted octanol–water partition coefficient (Wildman–Crippen LogP) is 2.05. The van der Waals surface area contributed by atoms with E-state index in [4.69, 9.17) is 4.74 Å². The zero-order chi connectivity index (χ0) is 14.1. The molecule has 0 aromatic heterocycles. The van der Waals surface area contributed by atoms with Crippen LogP contribution >= 0.6 is 0 Å². The summed E-state index contributed by atoms with van der Waals surface area (Å²) in [6.07, 6.45) is 2.09. The molecule has 0 saturated carbocycles. The summed E-state index contributed by atoms with van der Waals surface area (Å²) >= 11 is 0. The number of carbonyl (C=O) groups is 1. The molecule has 3 atom stereocenters. The number of amides is 1. The molecule has 1 saturated heterocycles. The number of nitrogens with one attached hydrogen (secondary N) is 1. The van der Waals surface area contributed by atoms with Crippen LogP contribution in [0.1, 0.15) is 25.8 Å². The van der Waals surface area contributed by atoms with Crippen molar-refractivity contribution in [2.45, 2.75) is 44.9 Å². The minimum absolute atomic E-state index is 0.0950. The zero-order valence-corrected chi connectivity index (χ0v) is 12.1. The molecule has 1 amide bonds. The van der Waals surface area contributed by atoms with Gasteiger partial charge in [0.05, 0.1) is 12.2 Å². The summed E-state index contributed by atoms with van der Waals surface area (Å²) in [5, 5.41) is 3.39. The van der Waals surface area contributed by atoms with Gasteiger partial charge in [0, 0.05) is 18.8 Å². The molecule has 1 aromatic rings. The molecule has 0 bridgehead atoms. The van der Waals surface area contributed by atoms with Gasteiger partial charge >= 0.3 is 0 Å². The molecule has 0 radical (unpaired) electrons. The minimum atomic E-state index is -0.0950. The Bertz CT molecular complexity index is 493. The van der Waals surface area contributed by atoms with Gasteiger partial charge in [0.25, 0.3) is 0 Å². The number of hydrogen-bond donors (Lipinski definition) is 1. The van der Waals surface area contributed by atoms with E-state index in [9.17, 15) is 4.79 Å². The molecule has 4 heteroatoms. The van der Waals surface area contributed by atoms with Crippen LogP contribution in [0.15, 0.2) is 24.3 Å². The maximum Gasteiger partial charge on any atom is 0.245 e. The molecule has 4 nitrogen and oxygen atoms in total. The van der Waals surface area contributed by atoms with E-state index >= 15 is 0 Å². The lowest BCUT2D eigenvalue weighted by Crippen LogP contribution is -2.53. The molecule has 108 valence electrons. The van der Waals surface area contributed by atoms with Crippen LogP contribution in [0.25, 0.3) is 0 Å². The third-order valence-corrected chi connectivity index (χ3v) is 4.08. The second-order valence-corrected chi connectivity index (χ2v) is 5.89.